The van der Waals surface area contributed by atoms with Crippen LogP contribution in [0.2, 0.25) is 0 Å². The Bertz CT molecular complexity index is 8130. The van der Waals surface area contributed by atoms with Gasteiger partial charge in [0.25, 0.3) is 0 Å². The second kappa shape index (κ2) is 36.2. The van der Waals surface area contributed by atoms with Gasteiger partial charge in [-0.15, -0.1) is 0 Å². The molecule has 0 fully saturated rings. The molecule has 0 amide bonds. The molecule has 9 heteroatoms. The molecule has 0 radical (unpaired) electrons. The van der Waals surface area contributed by atoms with E-state index in [2.05, 4.69) is 495 Å². The molecule has 3 aliphatic rings. The molecule has 674 valence electrons. The van der Waals surface area contributed by atoms with Gasteiger partial charge in [0.15, 0.2) is 40.8 Å². The average molecular weight is 1820 g/mol. The molecule has 0 atom stereocenters. The van der Waals surface area contributed by atoms with Crippen molar-refractivity contribution in [2.75, 3.05) is 0 Å². The Morgan fingerprint density at radius 1 is 0.155 bits per heavy atom. The molecule has 4 aromatic heterocycles. The summed E-state index contributed by atoms with van der Waals surface area (Å²) >= 11 is 0. The van der Waals surface area contributed by atoms with Crippen molar-refractivity contribution >= 4 is 21.8 Å². The summed E-state index contributed by atoms with van der Waals surface area (Å²) in [5.74, 6) is 4.70. The number of aromatic nitrogens is 9. The van der Waals surface area contributed by atoms with Crippen molar-refractivity contribution in [3.05, 3.63) is 513 Å². The van der Waals surface area contributed by atoms with Crippen LogP contribution in [0.5, 0.6) is 0 Å². The molecule has 0 unspecified atom stereocenters. The Balaban J connectivity index is 0.000000115. The third-order valence-electron chi connectivity index (χ3n) is 28.8. The minimum atomic E-state index is -0.128. The molecule has 142 heavy (non-hydrogen) atoms. The zero-order chi connectivity index (χ0) is 95.6. The summed E-state index contributed by atoms with van der Waals surface area (Å²) in [4.78, 5) is 41.4. The molecular formula is C133H97N9. The normalized spacial score (nSPS) is 12.9. The maximum Gasteiger partial charge on any atom is 0.164 e. The van der Waals surface area contributed by atoms with Crippen LogP contribution < -0.4 is 0 Å². The Hall–Kier alpha value is -17.9. The van der Waals surface area contributed by atoms with Gasteiger partial charge in [-0.1, -0.05) is 478 Å². The standard InChI is InChI=1S/C48H34N4.C43H32N2.C42H31N3/c1-48(2)40-19-9-6-17-38(40)44-39(18-12-20-41(44)48)47-50-45(33-25-23-32(24-26-33)31-13-4-3-5-14-31)49-46(51-47)34-27-29-35(30-28-34)52-42-21-10-7-15-36(42)37-16-8-11-22-43(37)52;1-43(2)37-18-10-9-16-35(37)41-36(17-11-19-38(41)43)42-44-39(33-24-20-31(21-25-33)29-12-5-3-6-13-29)28-40(45-42)34-26-22-32(23-27-34)30-14-7-4-8-15-30;1-42(2)36-18-10-9-16-34(36)38-35(17-11-19-37(38)42)41-44-39(32-24-20-30(21-25-32)28-12-5-3-6-13-28)43-40(45-41)33-26-22-31(23-27-33)29-14-7-4-8-15-29/h3-30H,1-2H3;3-28H,1-2H3;3-27H,1-2H3. The highest BCUT2D eigenvalue weighted by molar-refractivity contribution is 6.09. The summed E-state index contributed by atoms with van der Waals surface area (Å²) < 4.78 is 2.33. The zero-order valence-corrected chi connectivity index (χ0v) is 79.6. The summed E-state index contributed by atoms with van der Waals surface area (Å²) in [6, 6.07) is 169. The summed E-state index contributed by atoms with van der Waals surface area (Å²) in [5.41, 5.74) is 41.0. The van der Waals surface area contributed by atoms with Gasteiger partial charge in [0.1, 0.15) is 0 Å². The SMILES string of the molecule is CC1(C)c2ccccc2-c2c(-c3nc(-c4ccc(-c5ccccc5)cc4)cc(-c4ccc(-c5ccccc5)cc4)n3)cccc21.CC1(C)c2ccccc2-c2c(-c3nc(-c4ccc(-c5ccccc5)cc4)nc(-c4ccc(-c5ccccc5)cc4)n3)cccc21.CC1(C)c2ccccc2-c2c(-c3nc(-c4ccc(-c5ccccc5)cc4)nc(-c4ccc(-n5c6ccccc6c6ccccc65)cc4)n3)cccc21. The van der Waals surface area contributed by atoms with Crippen LogP contribution in [0.4, 0.5) is 0 Å². The molecule has 26 rings (SSSR count). The Labute approximate surface area is 827 Å². The van der Waals surface area contributed by atoms with E-state index in [0.29, 0.717) is 34.9 Å². The number of rotatable bonds is 15. The fraction of sp³-hybridized carbons (Fsp3) is 0.0677. The lowest BCUT2D eigenvalue weighted by molar-refractivity contribution is 0.660. The van der Waals surface area contributed by atoms with Gasteiger partial charge in [0, 0.05) is 82.8 Å². The maximum atomic E-state index is 5.25. The van der Waals surface area contributed by atoms with Crippen molar-refractivity contribution in [3.63, 3.8) is 0 Å². The van der Waals surface area contributed by atoms with E-state index in [4.69, 9.17) is 39.9 Å². The molecule has 0 spiro atoms. The Kier molecular flexibility index (Phi) is 22.2. The lowest BCUT2D eigenvalue weighted by atomic mass is 9.82. The highest BCUT2D eigenvalue weighted by Crippen LogP contribution is 2.56. The van der Waals surface area contributed by atoms with Crippen molar-refractivity contribution in [1.29, 1.82) is 0 Å². The van der Waals surface area contributed by atoms with Crippen LogP contribution in [0, 0.1) is 0 Å². The Morgan fingerprint density at radius 3 is 0.648 bits per heavy atom. The fourth-order valence-electron chi connectivity index (χ4n) is 21.4. The second-order valence-corrected chi connectivity index (χ2v) is 38.4. The zero-order valence-electron chi connectivity index (χ0n) is 79.6. The Morgan fingerprint density at radius 2 is 0.359 bits per heavy atom. The van der Waals surface area contributed by atoms with Gasteiger partial charge >= 0.3 is 0 Å². The maximum absolute atomic E-state index is 5.25. The van der Waals surface area contributed by atoms with Crippen molar-refractivity contribution < 1.29 is 0 Å². The monoisotopic (exact) mass is 1820 g/mol. The number of hydrogen-bond donors (Lipinski definition) is 0. The molecule has 0 N–H and O–H groups in total. The predicted octanol–water partition coefficient (Wildman–Crippen LogP) is 33.6. The van der Waals surface area contributed by atoms with Crippen LogP contribution in [-0.4, -0.2) is 44.4 Å². The van der Waals surface area contributed by atoms with E-state index in [1.807, 2.05) is 30.3 Å². The van der Waals surface area contributed by atoms with Crippen LogP contribution in [0.1, 0.15) is 74.9 Å². The van der Waals surface area contributed by atoms with Crippen LogP contribution >= 0.6 is 0 Å². The summed E-state index contributed by atoms with van der Waals surface area (Å²) in [6.07, 6.45) is 0. The molecule has 9 nitrogen and oxygen atoms in total. The lowest BCUT2D eigenvalue weighted by Crippen LogP contribution is -2.14. The molecular weight excluding hydrogens is 1720 g/mol. The van der Waals surface area contributed by atoms with Crippen molar-refractivity contribution in [1.82, 2.24) is 44.4 Å². The summed E-state index contributed by atoms with van der Waals surface area (Å²) in [7, 11) is 0. The largest absolute Gasteiger partial charge is 0.309 e. The van der Waals surface area contributed by atoms with E-state index in [9.17, 15) is 0 Å². The minimum Gasteiger partial charge on any atom is -0.309 e. The van der Waals surface area contributed by atoms with Crippen molar-refractivity contribution in [2.24, 2.45) is 0 Å². The number of hydrogen-bond acceptors (Lipinski definition) is 8. The van der Waals surface area contributed by atoms with E-state index >= 15 is 0 Å². The first-order chi connectivity index (χ1) is 69.7. The number of benzene rings is 19. The smallest absolute Gasteiger partial charge is 0.164 e. The van der Waals surface area contributed by atoms with Gasteiger partial charge in [-0.2, -0.15) is 0 Å². The highest BCUT2D eigenvalue weighted by Gasteiger charge is 2.41. The average Bonchev–Trinajstić information content (AvgIpc) is 1.58. The van der Waals surface area contributed by atoms with Gasteiger partial charge in [0.05, 0.1) is 22.4 Å². The van der Waals surface area contributed by atoms with Crippen molar-refractivity contribution in [3.8, 4) is 197 Å². The third-order valence-corrected chi connectivity index (χ3v) is 28.8. The minimum absolute atomic E-state index is 0.0943. The van der Waals surface area contributed by atoms with Crippen molar-refractivity contribution in [2.45, 2.75) is 57.8 Å². The number of para-hydroxylation sites is 2. The molecule has 23 aromatic rings. The van der Waals surface area contributed by atoms with Gasteiger partial charge in [0.2, 0.25) is 0 Å². The topological polar surface area (TPSA) is 108 Å². The fourth-order valence-corrected chi connectivity index (χ4v) is 21.4. The quantitative estimate of drug-likeness (QED) is 0.0999. The van der Waals surface area contributed by atoms with E-state index in [0.717, 1.165) is 89.7 Å². The van der Waals surface area contributed by atoms with Gasteiger partial charge in [-0.25, -0.2) is 39.9 Å². The highest BCUT2D eigenvalue weighted by atomic mass is 15.0. The van der Waals surface area contributed by atoms with E-state index in [1.165, 1.54) is 128 Å². The molecule has 0 aliphatic heterocycles. The second-order valence-electron chi connectivity index (χ2n) is 38.4. The van der Waals surface area contributed by atoms with Gasteiger partial charge < -0.3 is 4.57 Å². The molecule has 0 saturated heterocycles. The van der Waals surface area contributed by atoms with E-state index in [-0.39, 0.29) is 16.2 Å². The molecule has 19 aromatic carbocycles. The summed E-state index contributed by atoms with van der Waals surface area (Å²) in [5, 5.41) is 2.49. The van der Waals surface area contributed by atoms with Crippen LogP contribution in [0.25, 0.3) is 219 Å². The first kappa shape index (κ1) is 86.9. The summed E-state index contributed by atoms with van der Waals surface area (Å²) in [6.45, 7) is 13.8. The van der Waals surface area contributed by atoms with Crippen LogP contribution in [0.15, 0.2) is 479 Å². The lowest BCUT2D eigenvalue weighted by Gasteiger charge is -2.21. The van der Waals surface area contributed by atoms with Crippen LogP contribution in [0.3, 0.4) is 0 Å². The molecule has 3 aliphatic carbocycles. The number of nitrogens with zero attached hydrogens (tertiary/aromatic N) is 9. The molecule has 0 saturated carbocycles. The first-order valence-electron chi connectivity index (χ1n) is 48.7. The van der Waals surface area contributed by atoms with Gasteiger partial charge in [-0.05, 0) is 165 Å². The van der Waals surface area contributed by atoms with E-state index < -0.39 is 0 Å². The van der Waals surface area contributed by atoms with Crippen LogP contribution in [-0.2, 0) is 16.2 Å². The van der Waals surface area contributed by atoms with E-state index in [1.54, 1.807) is 0 Å². The number of fused-ring (bicyclic) bond motifs is 12. The third kappa shape index (κ3) is 15.9. The predicted molar refractivity (Wildman–Crippen MR) is 585 cm³/mol. The molecule has 4 heterocycles. The molecule has 0 bridgehead atoms. The first-order valence-corrected chi connectivity index (χ1v) is 48.7. The van der Waals surface area contributed by atoms with Gasteiger partial charge in [-0.3, -0.25) is 0 Å².